The summed E-state index contributed by atoms with van der Waals surface area (Å²) in [7, 11) is -1.71. The Morgan fingerprint density at radius 1 is 1.53 bits per heavy atom. The van der Waals surface area contributed by atoms with Gasteiger partial charge in [-0.1, -0.05) is 0 Å². The first kappa shape index (κ1) is 14.4. The molecule has 1 aliphatic rings. The van der Waals surface area contributed by atoms with E-state index in [1.165, 1.54) is 16.8 Å². The molecule has 0 amide bonds. The van der Waals surface area contributed by atoms with Crippen LogP contribution in [0.5, 0.6) is 0 Å². The number of aryl methyl sites for hydroxylation is 1. The molecule has 0 radical (unpaired) electrons. The van der Waals surface area contributed by atoms with Crippen molar-refractivity contribution in [3.63, 3.8) is 0 Å². The van der Waals surface area contributed by atoms with Crippen LogP contribution in [0.25, 0.3) is 0 Å². The van der Waals surface area contributed by atoms with Crippen LogP contribution in [0.1, 0.15) is 12.8 Å². The minimum Gasteiger partial charge on any atom is -0.339 e. The number of hydrogen-bond acceptors (Lipinski definition) is 4. The van der Waals surface area contributed by atoms with Gasteiger partial charge in [0.15, 0.2) is 5.03 Å². The molecule has 17 heavy (non-hydrogen) atoms. The maximum absolute atomic E-state index is 12.1. The Bertz CT molecular complexity index is 473. The zero-order valence-corrected chi connectivity index (χ0v) is 11.2. The lowest BCUT2D eigenvalue weighted by atomic mass is 10.1. The highest BCUT2D eigenvalue weighted by molar-refractivity contribution is 7.89. The van der Waals surface area contributed by atoms with Crippen molar-refractivity contribution < 1.29 is 8.42 Å². The monoisotopic (exact) mass is 280 g/mol. The van der Waals surface area contributed by atoms with Crippen molar-refractivity contribution in [3.8, 4) is 0 Å². The van der Waals surface area contributed by atoms with Crippen molar-refractivity contribution in [2.45, 2.75) is 23.9 Å². The van der Waals surface area contributed by atoms with E-state index in [1.807, 2.05) is 0 Å². The van der Waals surface area contributed by atoms with E-state index in [0.29, 0.717) is 13.1 Å². The van der Waals surface area contributed by atoms with Crippen molar-refractivity contribution in [3.05, 3.63) is 12.5 Å². The Morgan fingerprint density at radius 2 is 2.24 bits per heavy atom. The molecule has 2 N–H and O–H groups in total. The maximum atomic E-state index is 12.1. The number of imidazole rings is 1. The summed E-state index contributed by atoms with van der Waals surface area (Å²) in [5, 5.41) is 0.101. The molecule has 1 aliphatic heterocycles. The van der Waals surface area contributed by atoms with Crippen molar-refractivity contribution in [2.75, 3.05) is 13.1 Å². The highest BCUT2D eigenvalue weighted by atomic mass is 35.5. The molecular weight excluding hydrogens is 264 g/mol. The van der Waals surface area contributed by atoms with Crippen LogP contribution in [0.4, 0.5) is 0 Å². The van der Waals surface area contributed by atoms with Crippen LogP contribution < -0.4 is 5.73 Å². The molecule has 2 heterocycles. The molecule has 1 fully saturated rings. The molecule has 8 heteroatoms. The molecule has 1 aromatic heterocycles. The molecule has 1 atom stereocenters. The summed E-state index contributed by atoms with van der Waals surface area (Å²) in [6.45, 7) is 0.922. The predicted octanol–water partition coefficient (Wildman–Crippen LogP) is -0.0463. The van der Waals surface area contributed by atoms with Crippen LogP contribution in [0, 0.1) is 0 Å². The van der Waals surface area contributed by atoms with E-state index < -0.39 is 10.0 Å². The molecule has 98 valence electrons. The number of nitrogens with zero attached hydrogens (tertiary/aromatic N) is 3. The van der Waals surface area contributed by atoms with Gasteiger partial charge in [-0.25, -0.2) is 13.4 Å². The molecule has 0 spiro atoms. The van der Waals surface area contributed by atoms with E-state index in [0.717, 1.165) is 12.8 Å². The lowest BCUT2D eigenvalue weighted by Gasteiger charge is -2.29. The van der Waals surface area contributed by atoms with Gasteiger partial charge < -0.3 is 10.3 Å². The normalized spacial score (nSPS) is 22.1. The molecular formula is C9H17ClN4O2S. The van der Waals surface area contributed by atoms with E-state index in [2.05, 4.69) is 4.98 Å². The van der Waals surface area contributed by atoms with Gasteiger partial charge in [-0.3, -0.25) is 0 Å². The van der Waals surface area contributed by atoms with Gasteiger partial charge in [0.1, 0.15) is 0 Å². The second-order valence-electron chi connectivity index (χ2n) is 4.14. The topological polar surface area (TPSA) is 81.2 Å². The summed E-state index contributed by atoms with van der Waals surface area (Å²) in [6, 6.07) is -0.0627. The SMILES string of the molecule is Cl.Cn1cnc(S(=O)(=O)N2CCC[C@@H](N)C2)c1. The van der Waals surface area contributed by atoms with Gasteiger partial charge in [-0.2, -0.15) is 4.31 Å². The molecule has 0 saturated carbocycles. The molecule has 1 saturated heterocycles. The number of hydrogen-bond donors (Lipinski definition) is 1. The molecule has 0 aliphatic carbocycles. The summed E-state index contributed by atoms with van der Waals surface area (Å²) in [5.74, 6) is 0. The van der Waals surface area contributed by atoms with Gasteiger partial charge in [0.05, 0.1) is 6.33 Å². The van der Waals surface area contributed by atoms with E-state index in [9.17, 15) is 8.42 Å². The van der Waals surface area contributed by atoms with Crippen LogP contribution >= 0.6 is 12.4 Å². The number of sulfonamides is 1. The largest absolute Gasteiger partial charge is 0.339 e. The fourth-order valence-electron chi connectivity index (χ4n) is 1.85. The molecule has 1 aromatic rings. The van der Waals surface area contributed by atoms with Crippen molar-refractivity contribution in [1.82, 2.24) is 13.9 Å². The summed E-state index contributed by atoms with van der Waals surface area (Å²) < 4.78 is 27.3. The van der Waals surface area contributed by atoms with Gasteiger partial charge in [-0.15, -0.1) is 12.4 Å². The van der Waals surface area contributed by atoms with Gasteiger partial charge in [0, 0.05) is 32.4 Å². The number of halogens is 1. The number of aromatic nitrogens is 2. The summed E-state index contributed by atoms with van der Waals surface area (Å²) in [4.78, 5) is 3.88. The molecule has 0 unspecified atom stereocenters. The average molecular weight is 281 g/mol. The Kier molecular flexibility index (Phi) is 4.54. The smallest absolute Gasteiger partial charge is 0.262 e. The van der Waals surface area contributed by atoms with Gasteiger partial charge >= 0.3 is 0 Å². The molecule has 2 rings (SSSR count). The first-order valence-corrected chi connectivity index (χ1v) is 6.68. The van der Waals surface area contributed by atoms with Crippen LogP contribution in [0.15, 0.2) is 17.6 Å². The second-order valence-corrected chi connectivity index (χ2v) is 6.03. The third kappa shape index (κ3) is 2.98. The summed E-state index contributed by atoms with van der Waals surface area (Å²) in [5.41, 5.74) is 5.77. The second kappa shape index (κ2) is 5.34. The van der Waals surface area contributed by atoms with E-state index in [4.69, 9.17) is 5.73 Å². The predicted molar refractivity (Wildman–Crippen MR) is 66.4 cm³/mol. The number of nitrogens with two attached hydrogens (primary N) is 1. The van der Waals surface area contributed by atoms with Crippen molar-refractivity contribution >= 4 is 22.4 Å². The number of piperidine rings is 1. The average Bonchev–Trinajstić information content (AvgIpc) is 2.65. The van der Waals surface area contributed by atoms with Crippen molar-refractivity contribution in [2.24, 2.45) is 12.8 Å². The fourth-order valence-corrected chi connectivity index (χ4v) is 3.35. The third-order valence-corrected chi connectivity index (χ3v) is 4.46. The van der Waals surface area contributed by atoms with Gasteiger partial charge in [0.25, 0.3) is 10.0 Å². The van der Waals surface area contributed by atoms with E-state index in [-0.39, 0.29) is 23.5 Å². The Morgan fingerprint density at radius 3 is 2.76 bits per heavy atom. The fraction of sp³-hybridized carbons (Fsp3) is 0.667. The van der Waals surface area contributed by atoms with Gasteiger partial charge in [0.2, 0.25) is 0 Å². The first-order valence-electron chi connectivity index (χ1n) is 5.24. The van der Waals surface area contributed by atoms with Crippen molar-refractivity contribution in [1.29, 1.82) is 0 Å². The highest BCUT2D eigenvalue weighted by Gasteiger charge is 2.30. The summed E-state index contributed by atoms with van der Waals surface area (Å²) >= 11 is 0. The van der Waals surface area contributed by atoms with E-state index >= 15 is 0 Å². The molecule has 0 bridgehead atoms. The Balaban J connectivity index is 0.00000144. The van der Waals surface area contributed by atoms with Crippen LogP contribution in [-0.4, -0.2) is 41.4 Å². The minimum atomic E-state index is -3.45. The van der Waals surface area contributed by atoms with Gasteiger partial charge in [-0.05, 0) is 12.8 Å². The zero-order valence-electron chi connectivity index (χ0n) is 9.61. The Labute approximate surface area is 107 Å². The maximum Gasteiger partial charge on any atom is 0.262 e. The standard InChI is InChI=1S/C9H16N4O2S.ClH/c1-12-6-9(11-7-12)16(14,15)13-4-2-3-8(10)5-13;/h6-8H,2-5,10H2,1H3;1H/t8-;/m1./s1. The molecule has 6 nitrogen and oxygen atoms in total. The lowest BCUT2D eigenvalue weighted by Crippen LogP contribution is -2.45. The Hall–Kier alpha value is -0.630. The lowest BCUT2D eigenvalue weighted by molar-refractivity contribution is 0.315. The van der Waals surface area contributed by atoms with Crippen LogP contribution in [0.2, 0.25) is 0 Å². The quantitative estimate of drug-likeness (QED) is 0.824. The van der Waals surface area contributed by atoms with E-state index in [1.54, 1.807) is 11.6 Å². The first-order chi connectivity index (χ1) is 7.50. The highest BCUT2D eigenvalue weighted by Crippen LogP contribution is 2.18. The minimum absolute atomic E-state index is 0. The third-order valence-electron chi connectivity index (χ3n) is 2.71. The molecule has 0 aromatic carbocycles. The summed E-state index contributed by atoms with van der Waals surface area (Å²) in [6.07, 6.45) is 4.69. The zero-order chi connectivity index (χ0) is 11.8. The van der Waals surface area contributed by atoms with Crippen LogP contribution in [-0.2, 0) is 17.1 Å². The number of rotatable bonds is 2. The van der Waals surface area contributed by atoms with Crippen LogP contribution in [0.3, 0.4) is 0 Å².